The van der Waals surface area contributed by atoms with Crippen molar-refractivity contribution >= 4 is 10.2 Å². The van der Waals surface area contributed by atoms with E-state index in [-0.39, 0.29) is 6.04 Å². The lowest BCUT2D eigenvalue weighted by Crippen LogP contribution is -2.52. The smallest absolute Gasteiger partial charge is 0.279 e. The zero-order chi connectivity index (χ0) is 12.2. The molecule has 1 heterocycles. The summed E-state index contributed by atoms with van der Waals surface area (Å²) in [5, 5.41) is 3.28. The average Bonchev–Trinajstić information content (AvgIpc) is 2.22. The van der Waals surface area contributed by atoms with E-state index >= 15 is 0 Å². The highest BCUT2D eigenvalue weighted by atomic mass is 32.2. The Hall–Kier alpha value is -0.170. The van der Waals surface area contributed by atoms with Crippen molar-refractivity contribution in [3.8, 4) is 0 Å². The molecular weight excluding hydrogens is 226 g/mol. The van der Waals surface area contributed by atoms with Gasteiger partial charge in [0.15, 0.2) is 0 Å². The Morgan fingerprint density at radius 1 is 1.31 bits per heavy atom. The maximum atomic E-state index is 11.9. The fraction of sp³-hybridized carbons (Fsp3) is 1.00. The van der Waals surface area contributed by atoms with Crippen LogP contribution >= 0.6 is 0 Å². The quantitative estimate of drug-likeness (QED) is 0.737. The van der Waals surface area contributed by atoms with Crippen LogP contribution < -0.4 is 10.0 Å². The molecule has 0 spiro atoms. The lowest BCUT2D eigenvalue weighted by molar-refractivity contribution is 0.353. The molecule has 2 unspecified atom stereocenters. The molecule has 0 aromatic heterocycles. The van der Waals surface area contributed by atoms with E-state index in [0.717, 1.165) is 19.4 Å². The number of nitrogens with zero attached hydrogens (tertiary/aromatic N) is 1. The lowest BCUT2D eigenvalue weighted by Gasteiger charge is -2.30. The Kier molecular flexibility index (Phi) is 5.17. The average molecular weight is 249 g/mol. The third-order valence-corrected chi connectivity index (χ3v) is 4.85. The van der Waals surface area contributed by atoms with Crippen molar-refractivity contribution in [2.24, 2.45) is 0 Å². The van der Waals surface area contributed by atoms with Gasteiger partial charge in [-0.25, -0.2) is 0 Å². The topological polar surface area (TPSA) is 61.4 Å². The number of nitrogens with one attached hydrogen (secondary N) is 2. The van der Waals surface area contributed by atoms with Gasteiger partial charge >= 0.3 is 0 Å². The minimum Gasteiger partial charge on any atom is -0.313 e. The van der Waals surface area contributed by atoms with Crippen molar-refractivity contribution in [2.75, 3.05) is 19.6 Å². The molecule has 0 aromatic rings. The summed E-state index contributed by atoms with van der Waals surface area (Å²) in [6.45, 7) is 7.58. The maximum Gasteiger partial charge on any atom is 0.279 e. The second-order valence-electron chi connectivity index (χ2n) is 4.29. The zero-order valence-electron chi connectivity index (χ0n) is 10.4. The second-order valence-corrected chi connectivity index (χ2v) is 5.99. The number of hydrogen-bond acceptors (Lipinski definition) is 3. The highest BCUT2D eigenvalue weighted by molar-refractivity contribution is 7.87. The Balaban J connectivity index is 2.52. The van der Waals surface area contributed by atoms with Crippen LogP contribution in [-0.2, 0) is 10.2 Å². The van der Waals surface area contributed by atoms with Crippen LogP contribution in [0.25, 0.3) is 0 Å². The molecule has 0 aliphatic carbocycles. The van der Waals surface area contributed by atoms with E-state index in [1.807, 2.05) is 13.8 Å². The highest BCUT2D eigenvalue weighted by Crippen LogP contribution is 2.09. The molecule has 0 bridgehead atoms. The van der Waals surface area contributed by atoms with E-state index in [9.17, 15) is 8.42 Å². The van der Waals surface area contributed by atoms with Crippen LogP contribution in [-0.4, -0.2) is 44.4 Å². The van der Waals surface area contributed by atoms with Crippen LogP contribution in [0.2, 0.25) is 0 Å². The molecule has 0 amide bonds. The molecule has 0 aromatic carbocycles. The molecule has 1 fully saturated rings. The molecule has 16 heavy (non-hydrogen) atoms. The van der Waals surface area contributed by atoms with E-state index in [2.05, 4.69) is 17.0 Å². The summed E-state index contributed by atoms with van der Waals surface area (Å²) in [5.41, 5.74) is 0. The van der Waals surface area contributed by atoms with Gasteiger partial charge in [0.05, 0.1) is 0 Å². The molecule has 2 atom stereocenters. The van der Waals surface area contributed by atoms with Gasteiger partial charge in [0, 0.05) is 31.7 Å². The summed E-state index contributed by atoms with van der Waals surface area (Å²) < 4.78 is 28.1. The number of hydrogen-bond donors (Lipinski definition) is 2. The normalized spacial score (nSPS) is 27.2. The van der Waals surface area contributed by atoms with E-state index in [1.165, 1.54) is 4.31 Å². The third-order valence-electron chi connectivity index (χ3n) is 3.02. The van der Waals surface area contributed by atoms with Gasteiger partial charge in [-0.05, 0) is 19.8 Å². The third kappa shape index (κ3) is 3.69. The second kappa shape index (κ2) is 5.95. The molecule has 1 aliphatic heterocycles. The summed E-state index contributed by atoms with van der Waals surface area (Å²) in [4.78, 5) is 0. The van der Waals surface area contributed by atoms with Crippen LogP contribution in [0.5, 0.6) is 0 Å². The molecule has 0 radical (unpaired) electrons. The molecule has 0 saturated carbocycles. The SMILES string of the molecule is CCN(CC)S(=O)(=O)NC1CCC(C)NC1. The zero-order valence-corrected chi connectivity index (χ0v) is 11.2. The van der Waals surface area contributed by atoms with Gasteiger partial charge in [-0.3, -0.25) is 0 Å². The van der Waals surface area contributed by atoms with Gasteiger partial charge in [0.25, 0.3) is 10.2 Å². The van der Waals surface area contributed by atoms with Gasteiger partial charge in [0.1, 0.15) is 0 Å². The van der Waals surface area contributed by atoms with E-state index in [1.54, 1.807) is 0 Å². The van der Waals surface area contributed by atoms with Gasteiger partial charge in [-0.15, -0.1) is 0 Å². The predicted molar refractivity (Wildman–Crippen MR) is 65.5 cm³/mol. The number of rotatable bonds is 5. The minimum atomic E-state index is -3.30. The Morgan fingerprint density at radius 2 is 1.94 bits per heavy atom. The molecule has 1 saturated heterocycles. The van der Waals surface area contributed by atoms with Crippen molar-refractivity contribution < 1.29 is 8.42 Å². The first kappa shape index (κ1) is 13.9. The van der Waals surface area contributed by atoms with Crippen LogP contribution in [0.4, 0.5) is 0 Å². The Morgan fingerprint density at radius 3 is 2.38 bits per heavy atom. The Bertz CT molecular complexity index is 293. The highest BCUT2D eigenvalue weighted by Gasteiger charge is 2.25. The fourth-order valence-corrected chi connectivity index (χ4v) is 3.40. The summed E-state index contributed by atoms with van der Waals surface area (Å²) in [5.74, 6) is 0. The van der Waals surface area contributed by atoms with Crippen molar-refractivity contribution in [1.82, 2.24) is 14.3 Å². The van der Waals surface area contributed by atoms with Crippen LogP contribution in [0.15, 0.2) is 0 Å². The van der Waals surface area contributed by atoms with E-state index in [0.29, 0.717) is 19.1 Å². The maximum absolute atomic E-state index is 11.9. The van der Waals surface area contributed by atoms with Gasteiger partial charge < -0.3 is 5.32 Å². The molecule has 96 valence electrons. The van der Waals surface area contributed by atoms with Crippen molar-refractivity contribution in [1.29, 1.82) is 0 Å². The number of piperidine rings is 1. The molecule has 2 N–H and O–H groups in total. The van der Waals surface area contributed by atoms with Gasteiger partial charge in [-0.2, -0.15) is 17.4 Å². The summed E-state index contributed by atoms with van der Waals surface area (Å²) in [6, 6.07) is 0.524. The van der Waals surface area contributed by atoms with Gasteiger partial charge in [0.2, 0.25) is 0 Å². The first-order valence-electron chi connectivity index (χ1n) is 6.00. The summed E-state index contributed by atoms with van der Waals surface area (Å²) >= 11 is 0. The molecule has 1 aliphatic rings. The first-order valence-corrected chi connectivity index (χ1v) is 7.44. The largest absolute Gasteiger partial charge is 0.313 e. The van der Waals surface area contributed by atoms with Crippen molar-refractivity contribution in [3.05, 3.63) is 0 Å². The van der Waals surface area contributed by atoms with E-state index < -0.39 is 10.2 Å². The molecule has 6 heteroatoms. The molecule has 1 rings (SSSR count). The van der Waals surface area contributed by atoms with Crippen LogP contribution in [0.1, 0.15) is 33.6 Å². The van der Waals surface area contributed by atoms with Gasteiger partial charge in [-0.1, -0.05) is 13.8 Å². The first-order chi connectivity index (χ1) is 7.49. The Labute approximate surface area is 98.8 Å². The standard InChI is InChI=1S/C10H23N3O2S/c1-4-13(5-2)16(14,15)12-10-7-6-9(3)11-8-10/h9-12H,4-8H2,1-3H3. The fourth-order valence-electron chi connectivity index (χ4n) is 1.95. The predicted octanol–water partition coefficient (Wildman–Crippen LogP) is 0.303. The minimum absolute atomic E-state index is 0.0294. The van der Waals surface area contributed by atoms with Crippen LogP contribution in [0, 0.1) is 0 Å². The summed E-state index contributed by atoms with van der Waals surface area (Å²) in [7, 11) is -3.30. The lowest BCUT2D eigenvalue weighted by atomic mass is 10.0. The molecule has 5 nitrogen and oxygen atoms in total. The van der Waals surface area contributed by atoms with E-state index in [4.69, 9.17) is 0 Å². The van der Waals surface area contributed by atoms with Crippen molar-refractivity contribution in [2.45, 2.75) is 45.7 Å². The molecular formula is C10H23N3O2S. The van der Waals surface area contributed by atoms with Crippen LogP contribution in [0.3, 0.4) is 0 Å². The summed E-state index contributed by atoms with van der Waals surface area (Å²) in [6.07, 6.45) is 1.93. The van der Waals surface area contributed by atoms with Crippen molar-refractivity contribution in [3.63, 3.8) is 0 Å². The monoisotopic (exact) mass is 249 g/mol.